The molecule has 0 spiro atoms. The highest BCUT2D eigenvalue weighted by Gasteiger charge is 2.10. The van der Waals surface area contributed by atoms with Crippen LogP contribution in [0.1, 0.15) is 5.56 Å². The van der Waals surface area contributed by atoms with Crippen LogP contribution in [0.2, 0.25) is 0 Å². The molecular weight excluding hydrogens is 348 g/mol. The van der Waals surface area contributed by atoms with Gasteiger partial charge >= 0.3 is 5.97 Å². The summed E-state index contributed by atoms with van der Waals surface area (Å²) in [6.45, 7) is -0.640. The lowest BCUT2D eigenvalue weighted by atomic mass is 10.2. The first-order chi connectivity index (χ1) is 12.4. The smallest absolute Gasteiger partial charge is 0.331 e. The standard InChI is InChI=1S/C18H15F2NO5/c1-25-16-8-11(2-6-15(16)22)3-7-18(24)26-10-17(23)21-14-5-4-12(19)9-13(14)20/h2-9,22H,10H2,1H3,(H,21,23). The lowest BCUT2D eigenvalue weighted by molar-refractivity contribution is -0.142. The van der Waals surface area contributed by atoms with Crippen molar-refractivity contribution in [1.29, 1.82) is 0 Å². The van der Waals surface area contributed by atoms with E-state index in [2.05, 4.69) is 5.32 Å². The molecule has 0 unspecified atom stereocenters. The van der Waals surface area contributed by atoms with Crippen LogP contribution in [0.4, 0.5) is 14.5 Å². The molecule has 2 N–H and O–H groups in total. The number of halogens is 2. The molecule has 0 fully saturated rings. The summed E-state index contributed by atoms with van der Waals surface area (Å²) in [6.07, 6.45) is 2.49. The molecule has 0 aromatic heterocycles. The lowest BCUT2D eigenvalue weighted by Gasteiger charge is -2.06. The number of esters is 1. The number of anilines is 1. The molecule has 0 saturated heterocycles. The summed E-state index contributed by atoms with van der Waals surface area (Å²) in [5.74, 6) is -3.10. The first kappa shape index (κ1) is 18.9. The third-order valence-electron chi connectivity index (χ3n) is 3.17. The number of hydrogen-bond acceptors (Lipinski definition) is 5. The van der Waals surface area contributed by atoms with Crippen LogP contribution in [0.5, 0.6) is 11.5 Å². The van der Waals surface area contributed by atoms with Gasteiger partial charge in [-0.3, -0.25) is 4.79 Å². The summed E-state index contributed by atoms with van der Waals surface area (Å²) in [4.78, 5) is 23.2. The molecule has 0 aliphatic carbocycles. The van der Waals surface area contributed by atoms with E-state index in [1.807, 2.05) is 0 Å². The number of ether oxygens (including phenoxy) is 2. The van der Waals surface area contributed by atoms with Crippen molar-refractivity contribution >= 4 is 23.6 Å². The first-order valence-electron chi connectivity index (χ1n) is 7.36. The van der Waals surface area contributed by atoms with Crippen molar-refractivity contribution in [2.45, 2.75) is 0 Å². The fraction of sp³-hybridized carbons (Fsp3) is 0.111. The maximum absolute atomic E-state index is 13.4. The van der Waals surface area contributed by atoms with E-state index >= 15 is 0 Å². The Hall–Kier alpha value is -3.42. The van der Waals surface area contributed by atoms with E-state index in [1.54, 1.807) is 6.07 Å². The average molecular weight is 363 g/mol. The van der Waals surface area contributed by atoms with Gasteiger partial charge in [0.2, 0.25) is 0 Å². The van der Waals surface area contributed by atoms with Gasteiger partial charge < -0.3 is 19.9 Å². The summed E-state index contributed by atoms with van der Waals surface area (Å²) >= 11 is 0. The van der Waals surface area contributed by atoms with Crippen LogP contribution >= 0.6 is 0 Å². The van der Waals surface area contributed by atoms with Gasteiger partial charge in [-0.2, -0.15) is 0 Å². The van der Waals surface area contributed by atoms with Crippen molar-refractivity contribution in [3.8, 4) is 11.5 Å². The number of amides is 1. The third-order valence-corrected chi connectivity index (χ3v) is 3.17. The molecule has 0 bridgehead atoms. The molecule has 0 aliphatic heterocycles. The second-order valence-corrected chi connectivity index (χ2v) is 5.04. The van der Waals surface area contributed by atoms with Gasteiger partial charge in [0.25, 0.3) is 5.91 Å². The molecule has 2 aromatic carbocycles. The number of phenolic OH excluding ortho intramolecular Hbond substituents is 1. The fourth-order valence-corrected chi connectivity index (χ4v) is 1.92. The number of rotatable bonds is 6. The van der Waals surface area contributed by atoms with Crippen LogP contribution in [0, 0.1) is 11.6 Å². The van der Waals surface area contributed by atoms with Gasteiger partial charge in [-0.05, 0) is 35.9 Å². The maximum atomic E-state index is 13.4. The number of methoxy groups -OCH3 is 1. The molecule has 0 aliphatic rings. The summed E-state index contributed by atoms with van der Waals surface area (Å²) in [7, 11) is 1.39. The van der Waals surface area contributed by atoms with E-state index in [4.69, 9.17) is 9.47 Å². The van der Waals surface area contributed by atoms with Gasteiger partial charge in [0, 0.05) is 12.1 Å². The SMILES string of the molecule is COc1cc(C=CC(=O)OCC(=O)Nc2ccc(F)cc2F)ccc1O. The van der Waals surface area contributed by atoms with E-state index in [9.17, 15) is 23.5 Å². The van der Waals surface area contributed by atoms with E-state index < -0.39 is 30.1 Å². The zero-order chi connectivity index (χ0) is 19.1. The quantitative estimate of drug-likeness (QED) is 0.609. The first-order valence-corrected chi connectivity index (χ1v) is 7.36. The molecule has 6 nitrogen and oxygen atoms in total. The normalized spacial score (nSPS) is 10.6. The number of nitrogens with one attached hydrogen (secondary N) is 1. The van der Waals surface area contributed by atoms with Crippen molar-refractivity contribution < 1.29 is 33.0 Å². The molecule has 2 aromatic rings. The second-order valence-electron chi connectivity index (χ2n) is 5.04. The van der Waals surface area contributed by atoms with E-state index in [0.717, 1.165) is 18.2 Å². The molecule has 0 saturated carbocycles. The molecule has 2 rings (SSSR count). The van der Waals surface area contributed by atoms with Gasteiger partial charge in [-0.25, -0.2) is 13.6 Å². The summed E-state index contributed by atoms with van der Waals surface area (Å²) in [6, 6.07) is 7.11. The van der Waals surface area contributed by atoms with E-state index in [-0.39, 0.29) is 17.2 Å². The molecule has 0 atom stereocenters. The zero-order valence-electron chi connectivity index (χ0n) is 13.7. The minimum atomic E-state index is -0.939. The molecule has 0 heterocycles. The minimum Gasteiger partial charge on any atom is -0.504 e. The van der Waals surface area contributed by atoms with Crippen LogP contribution < -0.4 is 10.1 Å². The Morgan fingerprint density at radius 2 is 1.96 bits per heavy atom. The fourth-order valence-electron chi connectivity index (χ4n) is 1.92. The highest BCUT2D eigenvalue weighted by molar-refractivity contribution is 5.94. The number of benzene rings is 2. The Morgan fingerprint density at radius 3 is 2.65 bits per heavy atom. The van der Waals surface area contributed by atoms with Crippen LogP contribution in [0.25, 0.3) is 6.08 Å². The predicted octanol–water partition coefficient (Wildman–Crippen LogP) is 2.87. The third kappa shape index (κ3) is 5.30. The highest BCUT2D eigenvalue weighted by Crippen LogP contribution is 2.26. The van der Waals surface area contributed by atoms with Crippen LogP contribution in [0.15, 0.2) is 42.5 Å². The highest BCUT2D eigenvalue weighted by atomic mass is 19.1. The van der Waals surface area contributed by atoms with Crippen molar-refractivity contribution in [3.05, 3.63) is 59.7 Å². The molecule has 8 heteroatoms. The van der Waals surface area contributed by atoms with Crippen LogP contribution in [-0.2, 0) is 14.3 Å². The Morgan fingerprint density at radius 1 is 1.19 bits per heavy atom. The lowest BCUT2D eigenvalue weighted by Crippen LogP contribution is -2.20. The minimum absolute atomic E-state index is 0.0445. The van der Waals surface area contributed by atoms with Gasteiger partial charge in [0.1, 0.15) is 11.6 Å². The van der Waals surface area contributed by atoms with Crippen molar-refractivity contribution in [2.24, 2.45) is 0 Å². The number of carbonyl (C=O) groups excluding carboxylic acids is 2. The Labute approximate surface area is 147 Å². The second kappa shape index (κ2) is 8.61. The number of carbonyl (C=O) groups is 2. The van der Waals surface area contributed by atoms with Gasteiger partial charge in [-0.15, -0.1) is 0 Å². The average Bonchev–Trinajstić information content (AvgIpc) is 2.61. The monoisotopic (exact) mass is 363 g/mol. The van der Waals surface area contributed by atoms with Gasteiger partial charge in [0.15, 0.2) is 18.1 Å². The molecule has 1 amide bonds. The van der Waals surface area contributed by atoms with Gasteiger partial charge in [0.05, 0.1) is 12.8 Å². The summed E-state index contributed by atoms with van der Waals surface area (Å²) in [5, 5.41) is 11.6. The number of hydrogen-bond donors (Lipinski definition) is 2. The molecule has 26 heavy (non-hydrogen) atoms. The van der Waals surface area contributed by atoms with E-state index in [0.29, 0.717) is 11.6 Å². The number of aromatic hydroxyl groups is 1. The predicted molar refractivity (Wildman–Crippen MR) is 89.6 cm³/mol. The zero-order valence-corrected chi connectivity index (χ0v) is 13.7. The Balaban J connectivity index is 1.87. The van der Waals surface area contributed by atoms with Gasteiger partial charge in [-0.1, -0.05) is 6.07 Å². The summed E-state index contributed by atoms with van der Waals surface area (Å²) < 4.78 is 35.9. The molecule has 136 valence electrons. The topological polar surface area (TPSA) is 84.9 Å². The van der Waals surface area contributed by atoms with Crippen molar-refractivity contribution in [3.63, 3.8) is 0 Å². The van der Waals surface area contributed by atoms with Crippen molar-refractivity contribution in [2.75, 3.05) is 19.0 Å². The van der Waals surface area contributed by atoms with Crippen LogP contribution in [0.3, 0.4) is 0 Å². The Bertz CT molecular complexity index is 851. The Kier molecular flexibility index (Phi) is 6.26. The largest absolute Gasteiger partial charge is 0.504 e. The van der Waals surface area contributed by atoms with Crippen molar-refractivity contribution in [1.82, 2.24) is 0 Å². The summed E-state index contributed by atoms with van der Waals surface area (Å²) in [5.41, 5.74) is 0.341. The molecular formula is C18H15F2NO5. The number of phenols is 1. The van der Waals surface area contributed by atoms with E-state index in [1.165, 1.54) is 25.3 Å². The van der Waals surface area contributed by atoms with Crippen LogP contribution in [-0.4, -0.2) is 30.7 Å². The molecule has 0 radical (unpaired) electrons. The maximum Gasteiger partial charge on any atom is 0.331 e.